The minimum absolute atomic E-state index is 0.00444. The highest BCUT2D eigenvalue weighted by atomic mass is 32.2. The van der Waals surface area contributed by atoms with Crippen molar-refractivity contribution in [2.75, 3.05) is 32.7 Å². The molecule has 2 unspecified atom stereocenters. The van der Waals surface area contributed by atoms with Crippen LogP contribution in [0.5, 0.6) is 0 Å². The maximum absolute atomic E-state index is 13.4. The lowest BCUT2D eigenvalue weighted by Crippen LogP contribution is -2.35. The van der Waals surface area contributed by atoms with Gasteiger partial charge in [-0.3, -0.25) is 9.59 Å². The van der Waals surface area contributed by atoms with Crippen LogP contribution in [0.4, 0.5) is 13.2 Å². The summed E-state index contributed by atoms with van der Waals surface area (Å²) in [5.74, 6) is -0.561. The van der Waals surface area contributed by atoms with E-state index in [-0.39, 0.29) is 30.8 Å². The lowest BCUT2D eigenvalue weighted by Gasteiger charge is -2.27. The molecular formula is C30H37F3N4O4S. The third-order valence-corrected chi connectivity index (χ3v) is 8.97. The fourth-order valence-electron chi connectivity index (χ4n) is 5.49. The quantitative estimate of drug-likeness (QED) is 0.358. The van der Waals surface area contributed by atoms with Crippen LogP contribution in [0, 0.1) is 11.8 Å². The molecule has 2 aromatic rings. The van der Waals surface area contributed by atoms with Crippen molar-refractivity contribution in [3.05, 3.63) is 82.8 Å². The molecule has 0 aliphatic carbocycles. The van der Waals surface area contributed by atoms with Crippen molar-refractivity contribution in [2.45, 2.75) is 44.3 Å². The van der Waals surface area contributed by atoms with E-state index in [1.807, 2.05) is 0 Å². The second-order valence-corrected chi connectivity index (χ2v) is 12.7. The first kappa shape index (κ1) is 31.7. The van der Waals surface area contributed by atoms with E-state index in [0.29, 0.717) is 43.0 Å². The molecule has 2 aliphatic heterocycles. The maximum Gasteiger partial charge on any atom is 0.416 e. The molecule has 2 amide bonds. The van der Waals surface area contributed by atoms with Crippen molar-refractivity contribution >= 4 is 21.8 Å². The number of halogens is 3. The van der Waals surface area contributed by atoms with Gasteiger partial charge in [0.1, 0.15) is 0 Å². The number of alkyl halides is 3. The molecule has 2 aliphatic rings. The number of benzene rings is 2. The third kappa shape index (κ3) is 8.65. The second kappa shape index (κ2) is 13.8. The van der Waals surface area contributed by atoms with Crippen LogP contribution in [0.2, 0.25) is 0 Å². The Morgan fingerprint density at radius 2 is 1.79 bits per heavy atom. The molecule has 2 fully saturated rings. The summed E-state index contributed by atoms with van der Waals surface area (Å²) in [5, 5.41) is 7.12. The second-order valence-electron chi connectivity index (χ2n) is 11.0. The number of hydrogen-bond donors (Lipinski definition) is 3. The molecule has 0 spiro atoms. The number of rotatable bonds is 11. The minimum Gasteiger partial charge on any atom is -0.351 e. The van der Waals surface area contributed by atoms with Crippen molar-refractivity contribution in [1.29, 1.82) is 0 Å². The van der Waals surface area contributed by atoms with Crippen LogP contribution in [-0.2, 0) is 27.5 Å². The van der Waals surface area contributed by atoms with E-state index < -0.39 is 27.7 Å². The SMILES string of the molecule is C=CS(=O)(=O)NC[C@H]1CCN(C(=O)c2ccc(C(CC3CCCNC3)C(=O)NCc3ccc(C(F)(F)F)cc3)cc2)C1. The number of carbonyl (C=O) groups excluding carboxylic acids is 2. The van der Waals surface area contributed by atoms with Crippen molar-refractivity contribution in [3.8, 4) is 0 Å². The summed E-state index contributed by atoms with van der Waals surface area (Å²) in [5.41, 5.74) is 1.07. The van der Waals surface area contributed by atoms with Crippen molar-refractivity contribution in [3.63, 3.8) is 0 Å². The van der Waals surface area contributed by atoms with Gasteiger partial charge in [-0.25, -0.2) is 13.1 Å². The summed E-state index contributed by atoms with van der Waals surface area (Å²) in [7, 11) is -3.52. The summed E-state index contributed by atoms with van der Waals surface area (Å²) < 4.78 is 64.4. The number of hydrogen-bond acceptors (Lipinski definition) is 5. The van der Waals surface area contributed by atoms with E-state index in [0.717, 1.165) is 49.0 Å². The molecule has 3 atom stereocenters. The maximum atomic E-state index is 13.4. The van der Waals surface area contributed by atoms with Crippen LogP contribution in [0.1, 0.15) is 58.6 Å². The number of likely N-dealkylation sites (tertiary alicyclic amines) is 1. The lowest BCUT2D eigenvalue weighted by atomic mass is 9.84. The highest BCUT2D eigenvalue weighted by molar-refractivity contribution is 7.92. The fraction of sp³-hybridized carbons (Fsp3) is 0.467. The molecule has 0 radical (unpaired) electrons. The zero-order chi connectivity index (χ0) is 30.3. The number of nitrogens with one attached hydrogen (secondary N) is 3. The molecule has 0 aromatic heterocycles. The van der Waals surface area contributed by atoms with Gasteiger partial charge in [0.05, 0.1) is 11.5 Å². The molecular weight excluding hydrogens is 569 g/mol. The normalized spacial score (nSPS) is 20.2. The molecule has 2 saturated heterocycles. The van der Waals surface area contributed by atoms with Crippen molar-refractivity contribution < 1.29 is 31.2 Å². The average molecular weight is 607 g/mol. The van der Waals surface area contributed by atoms with Crippen LogP contribution >= 0.6 is 0 Å². The number of piperidine rings is 1. The summed E-state index contributed by atoms with van der Waals surface area (Å²) in [6, 6.07) is 11.7. The lowest BCUT2D eigenvalue weighted by molar-refractivity contribution is -0.137. The van der Waals surface area contributed by atoms with Gasteiger partial charge in [-0.1, -0.05) is 30.8 Å². The minimum atomic E-state index is -4.42. The van der Waals surface area contributed by atoms with E-state index in [9.17, 15) is 31.2 Å². The van der Waals surface area contributed by atoms with Crippen molar-refractivity contribution in [1.82, 2.24) is 20.3 Å². The standard InChI is InChI=1S/C30H37F3N4O4S/c1-2-42(40,41)36-19-23-13-15-37(20-23)29(39)25-9-7-24(8-10-25)27(16-22-4-3-14-34-17-22)28(38)35-18-21-5-11-26(12-6-21)30(31,32)33/h2,5-12,22-23,27,34,36H,1,3-4,13-20H2,(H,35,38)/t22?,23-,27?/m1/s1. The Morgan fingerprint density at radius 3 is 2.40 bits per heavy atom. The van der Waals surface area contributed by atoms with Gasteiger partial charge in [0.2, 0.25) is 15.9 Å². The van der Waals surface area contributed by atoms with Gasteiger partial charge in [-0.2, -0.15) is 13.2 Å². The molecule has 42 heavy (non-hydrogen) atoms. The third-order valence-electron chi connectivity index (χ3n) is 7.96. The highest BCUT2D eigenvalue weighted by Crippen LogP contribution is 2.30. The molecule has 228 valence electrons. The first-order valence-electron chi connectivity index (χ1n) is 14.1. The Hall–Kier alpha value is -3.22. The Balaban J connectivity index is 1.40. The summed E-state index contributed by atoms with van der Waals surface area (Å²) in [6.45, 7) is 6.31. The Labute approximate surface area is 244 Å². The molecule has 2 aromatic carbocycles. The van der Waals surface area contributed by atoms with Crippen LogP contribution in [-0.4, -0.2) is 57.9 Å². The van der Waals surface area contributed by atoms with E-state index in [1.165, 1.54) is 12.1 Å². The van der Waals surface area contributed by atoms with E-state index >= 15 is 0 Å². The van der Waals surface area contributed by atoms with Gasteiger partial charge in [0.25, 0.3) is 5.91 Å². The topological polar surface area (TPSA) is 108 Å². The molecule has 4 rings (SSSR count). The van der Waals surface area contributed by atoms with Gasteiger partial charge in [0.15, 0.2) is 0 Å². The molecule has 2 heterocycles. The first-order valence-corrected chi connectivity index (χ1v) is 15.7. The van der Waals surface area contributed by atoms with Gasteiger partial charge in [0, 0.05) is 37.2 Å². The number of carbonyl (C=O) groups is 2. The number of amides is 2. The van der Waals surface area contributed by atoms with E-state index in [4.69, 9.17) is 0 Å². The predicted octanol–water partition coefficient (Wildman–Crippen LogP) is 4.02. The van der Waals surface area contributed by atoms with E-state index in [2.05, 4.69) is 21.9 Å². The van der Waals surface area contributed by atoms with E-state index in [1.54, 1.807) is 29.2 Å². The zero-order valence-corrected chi connectivity index (χ0v) is 24.1. The molecule has 3 N–H and O–H groups in total. The summed E-state index contributed by atoms with van der Waals surface area (Å²) in [4.78, 5) is 28.2. The first-order chi connectivity index (χ1) is 19.9. The van der Waals surface area contributed by atoms with Gasteiger partial charge in [-0.15, -0.1) is 0 Å². The van der Waals surface area contributed by atoms with Crippen LogP contribution < -0.4 is 15.4 Å². The number of sulfonamides is 1. The van der Waals surface area contributed by atoms with Gasteiger partial charge in [-0.05, 0) is 86.0 Å². The summed E-state index contributed by atoms with van der Waals surface area (Å²) in [6.07, 6.45) is -1.13. The van der Waals surface area contributed by atoms with Crippen LogP contribution in [0.3, 0.4) is 0 Å². The van der Waals surface area contributed by atoms with Crippen LogP contribution in [0.25, 0.3) is 0 Å². The number of nitrogens with zero attached hydrogens (tertiary/aromatic N) is 1. The molecule has 0 bridgehead atoms. The molecule has 8 nitrogen and oxygen atoms in total. The Bertz CT molecular complexity index is 1340. The highest BCUT2D eigenvalue weighted by Gasteiger charge is 2.31. The van der Waals surface area contributed by atoms with Crippen LogP contribution in [0.15, 0.2) is 60.5 Å². The smallest absolute Gasteiger partial charge is 0.351 e. The van der Waals surface area contributed by atoms with Gasteiger partial charge >= 0.3 is 6.18 Å². The summed E-state index contributed by atoms with van der Waals surface area (Å²) >= 11 is 0. The Kier molecular flexibility index (Phi) is 10.4. The Morgan fingerprint density at radius 1 is 1.07 bits per heavy atom. The largest absolute Gasteiger partial charge is 0.416 e. The average Bonchev–Trinajstić information content (AvgIpc) is 3.47. The predicted molar refractivity (Wildman–Crippen MR) is 154 cm³/mol. The van der Waals surface area contributed by atoms with Gasteiger partial charge < -0.3 is 15.5 Å². The molecule has 0 saturated carbocycles. The molecule has 12 heteroatoms. The monoisotopic (exact) mass is 606 g/mol. The fourth-order valence-corrected chi connectivity index (χ4v) is 6.08. The van der Waals surface area contributed by atoms with Crippen molar-refractivity contribution in [2.24, 2.45) is 11.8 Å². The zero-order valence-electron chi connectivity index (χ0n) is 23.3.